The van der Waals surface area contributed by atoms with E-state index in [0.717, 1.165) is 24.8 Å². The Balaban J connectivity index is 1.77. The summed E-state index contributed by atoms with van der Waals surface area (Å²) in [7, 11) is -3.77. The zero-order chi connectivity index (χ0) is 24.0. The molecule has 9 nitrogen and oxygen atoms in total. The second-order valence-electron chi connectivity index (χ2n) is 7.76. The predicted octanol–water partition coefficient (Wildman–Crippen LogP) is 2.68. The number of benzene rings is 2. The van der Waals surface area contributed by atoms with Crippen LogP contribution in [0.4, 0.5) is 5.69 Å². The third kappa shape index (κ3) is 6.02. The highest BCUT2D eigenvalue weighted by Gasteiger charge is 2.29. The Morgan fingerprint density at radius 1 is 1.03 bits per heavy atom. The third-order valence-corrected chi connectivity index (χ3v) is 7.14. The molecular weight excluding hydrogens is 446 g/mol. The molecule has 0 radical (unpaired) electrons. The van der Waals surface area contributed by atoms with Gasteiger partial charge in [-0.15, -0.1) is 0 Å². The molecule has 0 saturated carbocycles. The minimum atomic E-state index is -3.77. The van der Waals surface area contributed by atoms with E-state index < -0.39 is 21.8 Å². The number of amides is 2. The molecule has 1 aliphatic heterocycles. The Kier molecular flexibility index (Phi) is 7.93. The van der Waals surface area contributed by atoms with Crippen LogP contribution in [0.5, 0.6) is 11.5 Å². The van der Waals surface area contributed by atoms with Crippen LogP contribution in [0.25, 0.3) is 0 Å². The summed E-state index contributed by atoms with van der Waals surface area (Å²) in [6.07, 6.45) is 2.62. The zero-order valence-corrected chi connectivity index (χ0v) is 19.6. The molecular formula is C23H29N3O6S. The van der Waals surface area contributed by atoms with Gasteiger partial charge in [-0.25, -0.2) is 8.42 Å². The van der Waals surface area contributed by atoms with Crippen molar-refractivity contribution in [1.29, 1.82) is 0 Å². The third-order valence-electron chi connectivity index (χ3n) is 5.22. The van der Waals surface area contributed by atoms with Gasteiger partial charge in [-0.05, 0) is 62.6 Å². The molecule has 178 valence electrons. The van der Waals surface area contributed by atoms with E-state index in [-0.39, 0.29) is 28.6 Å². The van der Waals surface area contributed by atoms with Crippen LogP contribution in [0.1, 0.15) is 42.1 Å². The molecule has 2 aromatic rings. The molecule has 2 aromatic carbocycles. The minimum absolute atomic E-state index is 0.0136. The van der Waals surface area contributed by atoms with E-state index in [1.54, 1.807) is 25.1 Å². The number of primary amides is 1. The molecule has 1 fully saturated rings. The first-order chi connectivity index (χ1) is 15.7. The van der Waals surface area contributed by atoms with Gasteiger partial charge in [0.2, 0.25) is 10.0 Å². The molecule has 0 bridgehead atoms. The standard InChI is InChI=1S/C23H29N3O6S/c1-3-31-19-10-8-17(14-21(19)33(29,30)26-11-5-4-6-12-26)25-22(27)15-32-20-13-16(2)7-9-18(20)23(24)28/h7-10,13-14H,3-6,11-12,15H2,1-2H3,(H2,24,28)(H,25,27). The highest BCUT2D eigenvalue weighted by molar-refractivity contribution is 7.89. The van der Waals surface area contributed by atoms with Gasteiger partial charge >= 0.3 is 0 Å². The van der Waals surface area contributed by atoms with Crippen molar-refractivity contribution in [2.75, 3.05) is 31.6 Å². The van der Waals surface area contributed by atoms with Gasteiger partial charge in [0.05, 0.1) is 12.2 Å². The van der Waals surface area contributed by atoms with Gasteiger partial charge < -0.3 is 20.5 Å². The van der Waals surface area contributed by atoms with E-state index in [4.69, 9.17) is 15.2 Å². The Bertz CT molecular complexity index is 1130. The van der Waals surface area contributed by atoms with Crippen LogP contribution >= 0.6 is 0 Å². The van der Waals surface area contributed by atoms with Gasteiger partial charge in [0.15, 0.2) is 6.61 Å². The highest BCUT2D eigenvalue weighted by atomic mass is 32.2. The maximum atomic E-state index is 13.2. The van der Waals surface area contributed by atoms with Crippen molar-refractivity contribution in [2.45, 2.75) is 38.0 Å². The van der Waals surface area contributed by atoms with Crippen LogP contribution in [-0.2, 0) is 14.8 Å². The first-order valence-electron chi connectivity index (χ1n) is 10.8. The zero-order valence-electron chi connectivity index (χ0n) is 18.8. The summed E-state index contributed by atoms with van der Waals surface area (Å²) in [4.78, 5) is 24.1. The van der Waals surface area contributed by atoms with Crippen molar-refractivity contribution in [3.63, 3.8) is 0 Å². The normalized spacial score (nSPS) is 14.5. The Labute approximate surface area is 193 Å². The molecule has 2 amide bonds. The first kappa shape index (κ1) is 24.5. The summed E-state index contributed by atoms with van der Waals surface area (Å²) in [5, 5.41) is 2.64. The lowest BCUT2D eigenvalue weighted by atomic mass is 10.1. The number of piperidine rings is 1. The van der Waals surface area contributed by atoms with Crippen LogP contribution in [-0.4, -0.2) is 50.8 Å². The lowest BCUT2D eigenvalue weighted by molar-refractivity contribution is -0.118. The fraction of sp³-hybridized carbons (Fsp3) is 0.391. The number of nitrogens with zero attached hydrogens (tertiary/aromatic N) is 1. The topological polar surface area (TPSA) is 128 Å². The maximum absolute atomic E-state index is 13.2. The Hall–Kier alpha value is -3.11. The number of ether oxygens (including phenoxy) is 2. The van der Waals surface area contributed by atoms with Crippen LogP contribution in [0.3, 0.4) is 0 Å². The van der Waals surface area contributed by atoms with Crippen molar-refractivity contribution < 1.29 is 27.5 Å². The summed E-state index contributed by atoms with van der Waals surface area (Å²) in [6, 6.07) is 9.37. The van der Waals surface area contributed by atoms with Crippen molar-refractivity contribution >= 4 is 27.5 Å². The van der Waals surface area contributed by atoms with Gasteiger partial charge in [-0.3, -0.25) is 9.59 Å². The fourth-order valence-corrected chi connectivity index (χ4v) is 5.27. The van der Waals surface area contributed by atoms with Gasteiger partial charge in [0.1, 0.15) is 16.4 Å². The van der Waals surface area contributed by atoms with E-state index in [1.165, 1.54) is 22.5 Å². The average Bonchev–Trinajstić information content (AvgIpc) is 2.79. The van der Waals surface area contributed by atoms with Crippen molar-refractivity contribution in [2.24, 2.45) is 5.73 Å². The van der Waals surface area contributed by atoms with Crippen LogP contribution in [0.15, 0.2) is 41.3 Å². The summed E-state index contributed by atoms with van der Waals surface area (Å²) >= 11 is 0. The number of carbonyl (C=O) groups excluding carboxylic acids is 2. The summed E-state index contributed by atoms with van der Waals surface area (Å²) in [5.41, 5.74) is 6.67. The Morgan fingerprint density at radius 2 is 1.76 bits per heavy atom. The average molecular weight is 476 g/mol. The number of nitrogens with two attached hydrogens (primary N) is 1. The number of rotatable bonds is 9. The monoisotopic (exact) mass is 475 g/mol. The second-order valence-corrected chi connectivity index (χ2v) is 9.67. The molecule has 0 aromatic heterocycles. The molecule has 1 aliphatic rings. The van der Waals surface area contributed by atoms with E-state index in [0.29, 0.717) is 25.4 Å². The summed E-state index contributed by atoms with van der Waals surface area (Å²) in [6.45, 7) is 4.43. The van der Waals surface area contributed by atoms with Crippen LogP contribution in [0.2, 0.25) is 0 Å². The van der Waals surface area contributed by atoms with E-state index in [9.17, 15) is 18.0 Å². The summed E-state index contributed by atoms with van der Waals surface area (Å²) in [5.74, 6) is -0.734. The lowest BCUT2D eigenvalue weighted by Gasteiger charge is -2.27. The van der Waals surface area contributed by atoms with Crippen LogP contribution in [0, 0.1) is 6.92 Å². The molecule has 0 atom stereocenters. The number of nitrogens with one attached hydrogen (secondary N) is 1. The number of carbonyl (C=O) groups is 2. The highest BCUT2D eigenvalue weighted by Crippen LogP contribution is 2.31. The van der Waals surface area contributed by atoms with Gasteiger partial charge in [-0.2, -0.15) is 4.31 Å². The molecule has 0 spiro atoms. The van der Waals surface area contributed by atoms with Crippen molar-refractivity contribution in [1.82, 2.24) is 4.31 Å². The summed E-state index contributed by atoms with van der Waals surface area (Å²) < 4.78 is 39.0. The quantitative estimate of drug-likeness (QED) is 0.574. The lowest BCUT2D eigenvalue weighted by Crippen LogP contribution is -2.35. The predicted molar refractivity (Wildman–Crippen MR) is 124 cm³/mol. The van der Waals surface area contributed by atoms with Gasteiger partial charge in [-0.1, -0.05) is 12.5 Å². The van der Waals surface area contributed by atoms with E-state index in [1.807, 2.05) is 6.92 Å². The number of hydrogen-bond acceptors (Lipinski definition) is 6. The second kappa shape index (κ2) is 10.7. The molecule has 33 heavy (non-hydrogen) atoms. The SMILES string of the molecule is CCOc1ccc(NC(=O)COc2cc(C)ccc2C(N)=O)cc1S(=O)(=O)N1CCCCC1. The number of aryl methyl sites for hydroxylation is 1. The van der Waals surface area contributed by atoms with E-state index in [2.05, 4.69) is 5.32 Å². The van der Waals surface area contributed by atoms with Gasteiger partial charge in [0, 0.05) is 18.8 Å². The maximum Gasteiger partial charge on any atom is 0.262 e. The largest absolute Gasteiger partial charge is 0.492 e. The van der Waals surface area contributed by atoms with E-state index >= 15 is 0 Å². The minimum Gasteiger partial charge on any atom is -0.492 e. The van der Waals surface area contributed by atoms with Crippen molar-refractivity contribution in [3.05, 3.63) is 47.5 Å². The molecule has 1 saturated heterocycles. The molecule has 0 unspecified atom stereocenters. The smallest absolute Gasteiger partial charge is 0.262 e. The van der Waals surface area contributed by atoms with Crippen molar-refractivity contribution in [3.8, 4) is 11.5 Å². The molecule has 1 heterocycles. The van der Waals surface area contributed by atoms with Gasteiger partial charge in [0.25, 0.3) is 11.8 Å². The number of anilines is 1. The molecule has 3 rings (SSSR count). The molecule has 10 heteroatoms. The Morgan fingerprint density at radius 3 is 2.42 bits per heavy atom. The fourth-order valence-electron chi connectivity index (χ4n) is 3.60. The molecule has 0 aliphatic carbocycles. The first-order valence-corrected chi connectivity index (χ1v) is 12.3. The number of hydrogen-bond donors (Lipinski definition) is 2. The number of sulfonamides is 1. The molecule has 3 N–H and O–H groups in total. The van der Waals surface area contributed by atoms with Crippen LogP contribution < -0.4 is 20.5 Å².